The number of rotatable bonds is 2. The normalized spacial score (nSPS) is 35.6. The van der Waals surface area contributed by atoms with Gasteiger partial charge in [-0.25, -0.2) is 0 Å². The van der Waals surface area contributed by atoms with Crippen LogP contribution in [0.25, 0.3) is 0 Å². The third-order valence-corrected chi connectivity index (χ3v) is 6.53. The van der Waals surface area contributed by atoms with E-state index in [2.05, 4.69) is 16.7 Å². The van der Waals surface area contributed by atoms with Crippen LogP contribution in [0, 0.1) is 5.92 Å². The fourth-order valence-corrected chi connectivity index (χ4v) is 4.85. The summed E-state index contributed by atoms with van der Waals surface area (Å²) in [5.74, 6) is 0.702. The highest BCUT2D eigenvalue weighted by molar-refractivity contribution is 5.80. The summed E-state index contributed by atoms with van der Waals surface area (Å²) in [5, 5.41) is 0. The van der Waals surface area contributed by atoms with Crippen LogP contribution in [-0.4, -0.2) is 66.7 Å². The average Bonchev–Trinajstić information content (AvgIpc) is 3.16. The standard InChI is InChI=1S/C19H31N3O2/c1-13-18(20)7-17(12-24-13)21-8-15-10-22(11-16(15)9-21)19(23)14-5-3-2-4-6-14/h13-14,17-18H,2-12,20H2,1H3/t13-,17-,18+/m1/s1. The van der Waals surface area contributed by atoms with Crippen molar-refractivity contribution in [3.63, 3.8) is 0 Å². The molecule has 0 radical (unpaired) electrons. The molecule has 5 nitrogen and oxygen atoms in total. The predicted molar refractivity (Wildman–Crippen MR) is 93.5 cm³/mol. The molecule has 1 saturated heterocycles. The Balaban J connectivity index is 1.30. The van der Waals surface area contributed by atoms with Gasteiger partial charge in [0.1, 0.15) is 0 Å². The summed E-state index contributed by atoms with van der Waals surface area (Å²) in [6.45, 7) is 6.57. The molecular weight excluding hydrogens is 302 g/mol. The van der Waals surface area contributed by atoms with Gasteiger partial charge in [0.2, 0.25) is 5.91 Å². The number of nitrogens with two attached hydrogens (primary N) is 1. The monoisotopic (exact) mass is 333 g/mol. The molecule has 1 amide bonds. The SMILES string of the molecule is C[C@H]1OC[C@H](N2CC3=C(CN(C(=O)C4CCCCC4)C3)C2)C[C@@H]1N. The lowest BCUT2D eigenvalue weighted by Crippen LogP contribution is -2.51. The maximum atomic E-state index is 12.7. The Morgan fingerprint density at radius 2 is 1.75 bits per heavy atom. The van der Waals surface area contributed by atoms with Crippen molar-refractivity contribution < 1.29 is 9.53 Å². The maximum absolute atomic E-state index is 12.7. The highest BCUT2D eigenvalue weighted by atomic mass is 16.5. The quantitative estimate of drug-likeness (QED) is 0.779. The second-order valence-corrected chi connectivity index (χ2v) is 8.23. The highest BCUT2D eigenvalue weighted by Gasteiger charge is 2.38. The summed E-state index contributed by atoms with van der Waals surface area (Å²) in [6, 6.07) is 0.577. The zero-order valence-electron chi connectivity index (χ0n) is 14.9. The largest absolute Gasteiger partial charge is 0.375 e. The third kappa shape index (κ3) is 3.14. The minimum Gasteiger partial charge on any atom is -0.375 e. The van der Waals surface area contributed by atoms with Crippen molar-refractivity contribution in [2.24, 2.45) is 11.7 Å². The van der Waals surface area contributed by atoms with Gasteiger partial charge in [0.15, 0.2) is 0 Å². The summed E-state index contributed by atoms with van der Waals surface area (Å²) in [7, 11) is 0. The van der Waals surface area contributed by atoms with E-state index < -0.39 is 0 Å². The van der Waals surface area contributed by atoms with E-state index in [4.69, 9.17) is 10.5 Å². The average molecular weight is 333 g/mol. The third-order valence-electron chi connectivity index (χ3n) is 6.53. The number of hydrogen-bond acceptors (Lipinski definition) is 4. The number of carbonyl (C=O) groups excluding carboxylic acids is 1. The van der Waals surface area contributed by atoms with Gasteiger partial charge in [-0.05, 0) is 37.3 Å². The van der Waals surface area contributed by atoms with Gasteiger partial charge in [-0.15, -0.1) is 0 Å². The topological polar surface area (TPSA) is 58.8 Å². The molecule has 0 aromatic rings. The van der Waals surface area contributed by atoms with Gasteiger partial charge in [0, 0.05) is 44.2 Å². The van der Waals surface area contributed by atoms with Crippen molar-refractivity contribution in [2.45, 2.75) is 63.6 Å². The van der Waals surface area contributed by atoms with E-state index in [1.165, 1.54) is 30.4 Å². The molecular formula is C19H31N3O2. The molecule has 2 N–H and O–H groups in total. The van der Waals surface area contributed by atoms with E-state index in [0.29, 0.717) is 17.9 Å². The van der Waals surface area contributed by atoms with E-state index in [1.54, 1.807) is 0 Å². The van der Waals surface area contributed by atoms with Crippen LogP contribution >= 0.6 is 0 Å². The molecule has 3 atom stereocenters. The van der Waals surface area contributed by atoms with Crippen LogP contribution in [0.15, 0.2) is 11.1 Å². The van der Waals surface area contributed by atoms with Crippen molar-refractivity contribution in [3.8, 4) is 0 Å². The predicted octanol–water partition coefficient (Wildman–Crippen LogP) is 1.53. The lowest BCUT2D eigenvalue weighted by molar-refractivity contribution is -0.135. The van der Waals surface area contributed by atoms with Crippen molar-refractivity contribution in [3.05, 3.63) is 11.1 Å². The highest BCUT2D eigenvalue weighted by Crippen LogP contribution is 2.32. The number of amides is 1. The minimum absolute atomic E-state index is 0.142. The first kappa shape index (κ1) is 16.6. The van der Waals surface area contributed by atoms with E-state index in [9.17, 15) is 4.79 Å². The summed E-state index contributed by atoms with van der Waals surface area (Å²) in [4.78, 5) is 17.4. The van der Waals surface area contributed by atoms with Crippen LogP contribution < -0.4 is 5.73 Å². The summed E-state index contributed by atoms with van der Waals surface area (Å²) in [6.07, 6.45) is 7.15. The molecule has 4 rings (SSSR count). The van der Waals surface area contributed by atoms with Crippen LogP contribution in [-0.2, 0) is 9.53 Å². The fraction of sp³-hybridized carbons (Fsp3) is 0.842. The molecule has 0 aromatic carbocycles. The number of carbonyl (C=O) groups is 1. The second kappa shape index (κ2) is 6.77. The smallest absolute Gasteiger partial charge is 0.226 e. The first-order valence-electron chi connectivity index (χ1n) is 9.71. The zero-order chi connectivity index (χ0) is 16.7. The van der Waals surface area contributed by atoms with E-state index in [1.807, 2.05) is 0 Å². The van der Waals surface area contributed by atoms with Gasteiger partial charge in [-0.3, -0.25) is 9.69 Å². The Kier molecular flexibility index (Phi) is 4.67. The molecule has 24 heavy (non-hydrogen) atoms. The molecule has 1 saturated carbocycles. The van der Waals surface area contributed by atoms with Crippen LogP contribution in [0.3, 0.4) is 0 Å². The van der Waals surface area contributed by atoms with Gasteiger partial charge in [0.05, 0.1) is 12.7 Å². The molecule has 5 heteroatoms. The zero-order valence-corrected chi connectivity index (χ0v) is 14.9. The fourth-order valence-electron chi connectivity index (χ4n) is 4.85. The van der Waals surface area contributed by atoms with Crippen LogP contribution in [0.1, 0.15) is 45.4 Å². The lowest BCUT2D eigenvalue weighted by Gasteiger charge is -2.38. The van der Waals surface area contributed by atoms with Crippen molar-refractivity contribution >= 4 is 5.91 Å². The van der Waals surface area contributed by atoms with E-state index in [-0.39, 0.29) is 12.1 Å². The number of nitrogens with zero attached hydrogens (tertiary/aromatic N) is 2. The molecule has 3 heterocycles. The molecule has 4 aliphatic rings. The summed E-state index contributed by atoms with van der Waals surface area (Å²) < 4.78 is 5.83. The van der Waals surface area contributed by atoms with Crippen molar-refractivity contribution in [1.82, 2.24) is 9.80 Å². The molecule has 1 aliphatic carbocycles. The Morgan fingerprint density at radius 3 is 2.38 bits per heavy atom. The number of ether oxygens (including phenoxy) is 1. The molecule has 2 fully saturated rings. The van der Waals surface area contributed by atoms with Gasteiger partial charge < -0.3 is 15.4 Å². The molecule has 0 aromatic heterocycles. The molecule has 0 unspecified atom stereocenters. The Hall–Kier alpha value is -0.910. The van der Waals surface area contributed by atoms with Crippen LogP contribution in [0.5, 0.6) is 0 Å². The number of hydrogen-bond donors (Lipinski definition) is 1. The Bertz CT molecular complexity index is 509. The Morgan fingerprint density at radius 1 is 1.08 bits per heavy atom. The van der Waals surface area contributed by atoms with Gasteiger partial charge in [0.25, 0.3) is 0 Å². The maximum Gasteiger partial charge on any atom is 0.226 e. The molecule has 134 valence electrons. The minimum atomic E-state index is 0.142. The summed E-state index contributed by atoms with van der Waals surface area (Å²) >= 11 is 0. The lowest BCUT2D eigenvalue weighted by atomic mass is 9.88. The van der Waals surface area contributed by atoms with Gasteiger partial charge >= 0.3 is 0 Å². The molecule has 0 spiro atoms. The van der Waals surface area contributed by atoms with Crippen molar-refractivity contribution in [2.75, 3.05) is 32.8 Å². The molecule has 3 aliphatic heterocycles. The van der Waals surface area contributed by atoms with Gasteiger partial charge in [-0.1, -0.05) is 19.3 Å². The first-order valence-corrected chi connectivity index (χ1v) is 9.71. The van der Waals surface area contributed by atoms with Crippen LogP contribution in [0.2, 0.25) is 0 Å². The second-order valence-electron chi connectivity index (χ2n) is 8.23. The Labute approximate surface area is 145 Å². The summed E-state index contributed by atoms with van der Waals surface area (Å²) in [5.41, 5.74) is 9.13. The van der Waals surface area contributed by atoms with Crippen molar-refractivity contribution in [1.29, 1.82) is 0 Å². The van der Waals surface area contributed by atoms with E-state index in [0.717, 1.165) is 52.0 Å². The van der Waals surface area contributed by atoms with E-state index >= 15 is 0 Å². The van der Waals surface area contributed by atoms with Crippen LogP contribution in [0.4, 0.5) is 0 Å². The first-order chi connectivity index (χ1) is 11.6. The van der Waals surface area contributed by atoms with Gasteiger partial charge in [-0.2, -0.15) is 0 Å². The molecule has 0 bridgehead atoms.